The van der Waals surface area contributed by atoms with Gasteiger partial charge >= 0.3 is 0 Å². The molecule has 2 aromatic rings. The molecule has 2 aliphatic rings. The fraction of sp³-hybridized carbons (Fsp3) is 0.222. The lowest BCUT2D eigenvalue weighted by Crippen LogP contribution is -2.29. The number of anilines is 1. The summed E-state index contributed by atoms with van der Waals surface area (Å²) in [6.45, 7) is 0. The van der Waals surface area contributed by atoms with E-state index in [4.69, 9.17) is 23.2 Å². The molecule has 4 rings (SSSR count). The van der Waals surface area contributed by atoms with E-state index in [2.05, 4.69) is 41.7 Å². The monoisotopic (exact) mass is 315 g/mol. The van der Waals surface area contributed by atoms with Gasteiger partial charge in [-0.15, -0.1) is 0 Å². The number of hydrogen-bond donors (Lipinski definition) is 1. The quantitative estimate of drug-likeness (QED) is 0.654. The van der Waals surface area contributed by atoms with Crippen molar-refractivity contribution in [3.63, 3.8) is 0 Å². The van der Waals surface area contributed by atoms with Crippen LogP contribution in [0.2, 0.25) is 10.0 Å². The number of rotatable bonds is 1. The van der Waals surface area contributed by atoms with Gasteiger partial charge in [-0.25, -0.2) is 0 Å². The first-order chi connectivity index (χ1) is 10.2. The predicted molar refractivity (Wildman–Crippen MR) is 89.3 cm³/mol. The predicted octanol–water partition coefficient (Wildman–Crippen LogP) is 5.82. The van der Waals surface area contributed by atoms with Crippen LogP contribution in [0.15, 0.2) is 54.6 Å². The molecule has 1 aliphatic heterocycles. The largest absolute Gasteiger partial charge is 0.378 e. The van der Waals surface area contributed by atoms with E-state index >= 15 is 0 Å². The van der Waals surface area contributed by atoms with Crippen LogP contribution in [-0.4, -0.2) is 0 Å². The highest BCUT2D eigenvalue weighted by molar-refractivity contribution is 6.31. The van der Waals surface area contributed by atoms with Crippen molar-refractivity contribution in [2.45, 2.75) is 18.4 Å². The lowest BCUT2D eigenvalue weighted by Gasteiger charge is -2.38. The van der Waals surface area contributed by atoms with Gasteiger partial charge in [-0.05, 0) is 47.7 Å². The maximum Gasteiger partial charge on any atom is 0.0568 e. The van der Waals surface area contributed by atoms with Crippen molar-refractivity contribution >= 4 is 28.9 Å². The molecule has 106 valence electrons. The molecule has 0 amide bonds. The third-order valence-corrected chi connectivity index (χ3v) is 5.14. The zero-order valence-electron chi connectivity index (χ0n) is 11.4. The molecule has 0 saturated carbocycles. The van der Waals surface area contributed by atoms with Gasteiger partial charge in [0.2, 0.25) is 0 Å². The zero-order chi connectivity index (χ0) is 14.4. The molecular weight excluding hydrogens is 301 g/mol. The van der Waals surface area contributed by atoms with Gasteiger partial charge in [0.05, 0.1) is 6.04 Å². The highest BCUT2D eigenvalue weighted by Crippen LogP contribution is 2.51. The average Bonchev–Trinajstić information content (AvgIpc) is 2.97. The SMILES string of the molecule is Clc1ccc2c(c1)[C@H]1C=CC[C@@H]1[C@H](c1ccccc1Cl)N2. The molecule has 21 heavy (non-hydrogen) atoms. The van der Waals surface area contributed by atoms with E-state index in [1.54, 1.807) is 0 Å². The van der Waals surface area contributed by atoms with Gasteiger partial charge in [-0.1, -0.05) is 53.6 Å². The summed E-state index contributed by atoms with van der Waals surface area (Å²) in [7, 11) is 0. The van der Waals surface area contributed by atoms with Crippen LogP contribution in [-0.2, 0) is 0 Å². The summed E-state index contributed by atoms with van der Waals surface area (Å²) in [5.74, 6) is 0.914. The highest BCUT2D eigenvalue weighted by atomic mass is 35.5. The Hall–Kier alpha value is -1.44. The summed E-state index contributed by atoms with van der Waals surface area (Å²) in [6, 6.07) is 14.5. The second-order valence-corrected chi connectivity index (χ2v) is 6.57. The van der Waals surface area contributed by atoms with Crippen LogP contribution in [0.5, 0.6) is 0 Å². The molecule has 3 atom stereocenters. The molecule has 3 heteroatoms. The Kier molecular flexibility index (Phi) is 3.20. The summed E-state index contributed by atoms with van der Waals surface area (Å²) < 4.78 is 0. The number of allylic oxidation sites excluding steroid dienone is 2. The van der Waals surface area contributed by atoms with E-state index < -0.39 is 0 Å². The van der Waals surface area contributed by atoms with E-state index in [1.807, 2.05) is 18.2 Å². The van der Waals surface area contributed by atoms with Crippen LogP contribution in [0, 0.1) is 5.92 Å². The minimum absolute atomic E-state index is 0.243. The maximum atomic E-state index is 6.42. The third-order valence-electron chi connectivity index (χ3n) is 4.57. The topological polar surface area (TPSA) is 12.0 Å². The van der Waals surface area contributed by atoms with Crippen molar-refractivity contribution in [1.82, 2.24) is 0 Å². The second kappa shape index (κ2) is 5.08. The fourth-order valence-electron chi connectivity index (χ4n) is 3.60. The normalized spacial score (nSPS) is 26.1. The Morgan fingerprint density at radius 1 is 1.00 bits per heavy atom. The van der Waals surface area contributed by atoms with Crippen molar-refractivity contribution in [3.05, 3.63) is 75.8 Å². The molecule has 0 radical (unpaired) electrons. The van der Waals surface area contributed by atoms with E-state index in [-0.39, 0.29) is 6.04 Å². The molecule has 0 bridgehead atoms. The smallest absolute Gasteiger partial charge is 0.0568 e. The number of nitrogens with one attached hydrogen (secondary N) is 1. The van der Waals surface area contributed by atoms with Gasteiger partial charge in [0, 0.05) is 21.7 Å². The number of halogens is 2. The van der Waals surface area contributed by atoms with Crippen molar-refractivity contribution < 1.29 is 0 Å². The van der Waals surface area contributed by atoms with Gasteiger partial charge in [0.1, 0.15) is 0 Å². The van der Waals surface area contributed by atoms with Gasteiger partial charge in [-0.3, -0.25) is 0 Å². The van der Waals surface area contributed by atoms with Crippen molar-refractivity contribution in [2.24, 2.45) is 5.92 Å². The third kappa shape index (κ3) is 2.16. The first-order valence-corrected chi connectivity index (χ1v) is 7.97. The molecule has 1 nitrogen and oxygen atoms in total. The van der Waals surface area contributed by atoms with Crippen molar-refractivity contribution in [1.29, 1.82) is 0 Å². The molecule has 0 aromatic heterocycles. The summed E-state index contributed by atoms with van der Waals surface area (Å²) in [5.41, 5.74) is 3.64. The minimum atomic E-state index is 0.243. The molecular formula is C18H15Cl2N. The standard InChI is InChI=1S/C18H15Cl2N/c19-11-8-9-17-15(10-11)12-5-3-6-13(12)18(21-17)14-4-1-2-7-16(14)20/h1-5,7-10,12-13,18,21H,6H2/t12-,13-,18+/m0/s1. The molecule has 0 unspecified atom stereocenters. The Morgan fingerprint density at radius 3 is 2.71 bits per heavy atom. The van der Waals surface area contributed by atoms with Gasteiger partial charge in [-0.2, -0.15) is 0 Å². The van der Waals surface area contributed by atoms with Crippen LogP contribution in [0.4, 0.5) is 5.69 Å². The van der Waals surface area contributed by atoms with Gasteiger partial charge < -0.3 is 5.32 Å². The molecule has 0 spiro atoms. The molecule has 0 fully saturated rings. The summed E-state index contributed by atoms with van der Waals surface area (Å²) >= 11 is 12.6. The Labute approximate surface area is 134 Å². The second-order valence-electron chi connectivity index (χ2n) is 5.73. The van der Waals surface area contributed by atoms with E-state index in [9.17, 15) is 0 Å². The highest BCUT2D eigenvalue weighted by Gasteiger charge is 2.38. The molecule has 1 N–H and O–H groups in total. The Morgan fingerprint density at radius 2 is 1.86 bits per heavy atom. The molecule has 1 heterocycles. The Bertz CT molecular complexity index is 723. The number of hydrogen-bond acceptors (Lipinski definition) is 1. The average molecular weight is 316 g/mol. The first kappa shape index (κ1) is 13.2. The zero-order valence-corrected chi connectivity index (χ0v) is 12.9. The van der Waals surface area contributed by atoms with E-state index in [0.29, 0.717) is 11.8 Å². The van der Waals surface area contributed by atoms with Crippen LogP contribution >= 0.6 is 23.2 Å². The molecule has 0 saturated heterocycles. The van der Waals surface area contributed by atoms with Crippen LogP contribution < -0.4 is 5.32 Å². The lowest BCUT2D eigenvalue weighted by atomic mass is 9.77. The minimum Gasteiger partial charge on any atom is -0.378 e. The van der Waals surface area contributed by atoms with Crippen LogP contribution in [0.3, 0.4) is 0 Å². The summed E-state index contributed by atoms with van der Waals surface area (Å²) in [6.07, 6.45) is 5.65. The number of benzene rings is 2. The number of fused-ring (bicyclic) bond motifs is 3. The summed E-state index contributed by atoms with van der Waals surface area (Å²) in [4.78, 5) is 0. The lowest BCUT2D eigenvalue weighted by molar-refractivity contribution is 0.426. The van der Waals surface area contributed by atoms with Gasteiger partial charge in [0.15, 0.2) is 0 Å². The summed E-state index contributed by atoms with van der Waals surface area (Å²) in [5, 5.41) is 5.30. The van der Waals surface area contributed by atoms with Crippen molar-refractivity contribution in [2.75, 3.05) is 5.32 Å². The molecule has 1 aliphatic carbocycles. The van der Waals surface area contributed by atoms with Crippen molar-refractivity contribution in [3.8, 4) is 0 Å². The fourth-order valence-corrected chi connectivity index (χ4v) is 4.03. The Balaban J connectivity index is 1.82. The van der Waals surface area contributed by atoms with E-state index in [1.165, 1.54) is 11.1 Å². The molecule has 2 aromatic carbocycles. The van der Waals surface area contributed by atoms with Gasteiger partial charge in [0.25, 0.3) is 0 Å². The van der Waals surface area contributed by atoms with E-state index in [0.717, 1.165) is 22.2 Å². The van der Waals surface area contributed by atoms with Crippen LogP contribution in [0.1, 0.15) is 29.5 Å². The first-order valence-electron chi connectivity index (χ1n) is 7.21. The maximum absolute atomic E-state index is 6.42. The van der Waals surface area contributed by atoms with Crippen LogP contribution in [0.25, 0.3) is 0 Å².